The van der Waals surface area contributed by atoms with E-state index >= 15 is 0 Å². The van der Waals surface area contributed by atoms with E-state index in [1.54, 1.807) is 6.07 Å². The maximum atomic E-state index is 5.48. The molecule has 0 atom stereocenters. The molecule has 1 heterocycles. The second kappa shape index (κ2) is 6.19. The molecule has 0 aliphatic heterocycles. The molecule has 1 rings (SSSR count). The van der Waals surface area contributed by atoms with Crippen LogP contribution in [0, 0.1) is 0 Å². The number of aromatic nitrogens is 2. The van der Waals surface area contributed by atoms with Crippen LogP contribution in [0.4, 0.5) is 5.82 Å². The molecule has 15 heavy (non-hydrogen) atoms. The summed E-state index contributed by atoms with van der Waals surface area (Å²) < 4.78 is 5.48. The van der Waals surface area contributed by atoms with Gasteiger partial charge in [0.1, 0.15) is 12.1 Å². The molecule has 1 N–H and O–H groups in total. The van der Waals surface area contributed by atoms with Gasteiger partial charge >= 0.3 is 0 Å². The van der Waals surface area contributed by atoms with Crippen LogP contribution in [-0.4, -0.2) is 49.2 Å². The molecule has 1 aromatic rings. The zero-order valence-corrected chi connectivity index (χ0v) is 9.53. The maximum Gasteiger partial charge on any atom is 0.218 e. The average molecular weight is 210 g/mol. The number of hydrogen-bond donors (Lipinski definition) is 1. The average Bonchev–Trinajstić information content (AvgIpc) is 2.24. The summed E-state index contributed by atoms with van der Waals surface area (Å²) in [7, 11) is 5.91. The molecule has 5 nitrogen and oxygen atoms in total. The lowest BCUT2D eigenvalue weighted by atomic mass is 10.4. The van der Waals surface area contributed by atoms with Gasteiger partial charge in [0, 0.05) is 19.7 Å². The third-order valence-electron chi connectivity index (χ3n) is 1.90. The zero-order chi connectivity index (χ0) is 11.1. The molecule has 0 saturated carbocycles. The van der Waals surface area contributed by atoms with Gasteiger partial charge in [-0.2, -0.15) is 0 Å². The smallest absolute Gasteiger partial charge is 0.218 e. The van der Waals surface area contributed by atoms with Gasteiger partial charge in [0.05, 0.1) is 6.61 Å². The lowest BCUT2D eigenvalue weighted by Crippen LogP contribution is -2.15. The molecule has 0 aliphatic carbocycles. The first-order valence-corrected chi connectivity index (χ1v) is 4.99. The van der Waals surface area contributed by atoms with Crippen molar-refractivity contribution in [2.75, 3.05) is 39.6 Å². The van der Waals surface area contributed by atoms with Crippen molar-refractivity contribution < 1.29 is 4.74 Å². The number of rotatable bonds is 6. The molecule has 0 unspecified atom stereocenters. The Morgan fingerprint density at radius 2 is 2.20 bits per heavy atom. The summed E-state index contributed by atoms with van der Waals surface area (Å²) in [6, 6.07) is 1.79. The van der Waals surface area contributed by atoms with Crippen molar-refractivity contribution in [3.63, 3.8) is 0 Å². The predicted octanol–water partition coefficient (Wildman–Crippen LogP) is 0.849. The minimum Gasteiger partial charge on any atom is -0.477 e. The van der Waals surface area contributed by atoms with Crippen molar-refractivity contribution in [3.8, 4) is 5.88 Å². The number of nitrogens with zero attached hydrogens (tertiary/aromatic N) is 3. The highest BCUT2D eigenvalue weighted by atomic mass is 16.5. The van der Waals surface area contributed by atoms with Crippen molar-refractivity contribution in [1.82, 2.24) is 14.9 Å². The molecule has 1 aromatic heterocycles. The molecule has 0 aliphatic rings. The molecule has 0 bridgehead atoms. The molecular weight excluding hydrogens is 192 g/mol. The van der Waals surface area contributed by atoms with Gasteiger partial charge in [-0.3, -0.25) is 0 Å². The van der Waals surface area contributed by atoms with E-state index in [1.165, 1.54) is 6.33 Å². The van der Waals surface area contributed by atoms with Gasteiger partial charge in [-0.15, -0.1) is 0 Å². The van der Waals surface area contributed by atoms with Crippen molar-refractivity contribution in [2.45, 2.75) is 6.42 Å². The van der Waals surface area contributed by atoms with Crippen molar-refractivity contribution in [3.05, 3.63) is 12.4 Å². The lowest BCUT2D eigenvalue weighted by Gasteiger charge is -2.09. The number of ether oxygens (including phenoxy) is 1. The first-order chi connectivity index (χ1) is 7.22. The Hall–Kier alpha value is -1.36. The second-order valence-corrected chi connectivity index (χ2v) is 3.50. The van der Waals surface area contributed by atoms with E-state index in [4.69, 9.17) is 4.74 Å². The van der Waals surface area contributed by atoms with Crippen LogP contribution in [0.3, 0.4) is 0 Å². The van der Waals surface area contributed by atoms with Crippen LogP contribution in [-0.2, 0) is 0 Å². The second-order valence-electron chi connectivity index (χ2n) is 3.50. The molecule has 0 amide bonds. The number of anilines is 1. The molecule has 0 saturated heterocycles. The highest BCUT2D eigenvalue weighted by Crippen LogP contribution is 2.09. The largest absolute Gasteiger partial charge is 0.477 e. The van der Waals surface area contributed by atoms with E-state index in [9.17, 15) is 0 Å². The van der Waals surface area contributed by atoms with E-state index in [0.29, 0.717) is 12.5 Å². The van der Waals surface area contributed by atoms with Crippen LogP contribution in [0.25, 0.3) is 0 Å². The summed E-state index contributed by atoms with van der Waals surface area (Å²) in [6.07, 6.45) is 2.49. The van der Waals surface area contributed by atoms with Gasteiger partial charge in [-0.05, 0) is 20.5 Å². The van der Waals surface area contributed by atoms with Gasteiger partial charge in [0.2, 0.25) is 5.88 Å². The predicted molar refractivity (Wildman–Crippen MR) is 60.2 cm³/mol. The number of hydrogen-bond acceptors (Lipinski definition) is 5. The van der Waals surface area contributed by atoms with Crippen molar-refractivity contribution >= 4 is 5.82 Å². The summed E-state index contributed by atoms with van der Waals surface area (Å²) in [5.74, 6) is 1.39. The molecule has 84 valence electrons. The Balaban J connectivity index is 2.30. The summed E-state index contributed by atoms with van der Waals surface area (Å²) in [5, 5.41) is 2.94. The van der Waals surface area contributed by atoms with Crippen LogP contribution in [0.2, 0.25) is 0 Å². The summed E-state index contributed by atoms with van der Waals surface area (Å²) >= 11 is 0. The fourth-order valence-electron chi connectivity index (χ4n) is 1.11. The van der Waals surface area contributed by atoms with Gasteiger partial charge in [-0.25, -0.2) is 9.97 Å². The SMILES string of the molecule is CNc1cc(OCCCN(C)C)ncn1. The van der Waals surface area contributed by atoms with Crippen LogP contribution >= 0.6 is 0 Å². The minimum absolute atomic E-state index is 0.619. The quantitative estimate of drug-likeness (QED) is 0.705. The zero-order valence-electron chi connectivity index (χ0n) is 9.53. The van der Waals surface area contributed by atoms with E-state index in [1.807, 2.05) is 21.1 Å². The summed E-state index contributed by atoms with van der Waals surface area (Å²) in [5.41, 5.74) is 0. The van der Waals surface area contributed by atoms with Crippen LogP contribution in [0.15, 0.2) is 12.4 Å². The Kier molecular flexibility index (Phi) is 4.83. The lowest BCUT2D eigenvalue weighted by molar-refractivity contribution is 0.273. The topological polar surface area (TPSA) is 50.3 Å². The van der Waals surface area contributed by atoms with E-state index in [2.05, 4.69) is 20.2 Å². The third-order valence-corrected chi connectivity index (χ3v) is 1.90. The Bertz CT molecular complexity index is 291. The fourth-order valence-corrected chi connectivity index (χ4v) is 1.11. The van der Waals surface area contributed by atoms with Crippen molar-refractivity contribution in [1.29, 1.82) is 0 Å². The van der Waals surface area contributed by atoms with Crippen LogP contribution in [0.5, 0.6) is 5.88 Å². The maximum absolute atomic E-state index is 5.48. The van der Waals surface area contributed by atoms with E-state index in [0.717, 1.165) is 18.8 Å². The molecule has 0 aromatic carbocycles. The molecule has 5 heteroatoms. The summed E-state index contributed by atoms with van der Waals surface area (Å²) in [4.78, 5) is 10.1. The molecule has 0 spiro atoms. The van der Waals surface area contributed by atoms with E-state index < -0.39 is 0 Å². The summed E-state index contributed by atoms with van der Waals surface area (Å²) in [6.45, 7) is 1.70. The monoisotopic (exact) mass is 210 g/mol. The fraction of sp³-hybridized carbons (Fsp3) is 0.600. The Labute approximate surface area is 90.5 Å². The molecular formula is C10H18N4O. The normalized spacial score (nSPS) is 10.4. The highest BCUT2D eigenvalue weighted by Gasteiger charge is 1.98. The van der Waals surface area contributed by atoms with Gasteiger partial charge in [0.15, 0.2) is 0 Å². The van der Waals surface area contributed by atoms with Crippen molar-refractivity contribution in [2.24, 2.45) is 0 Å². The van der Waals surface area contributed by atoms with Gasteiger partial charge in [0.25, 0.3) is 0 Å². The van der Waals surface area contributed by atoms with Gasteiger partial charge < -0.3 is 15.0 Å². The highest BCUT2D eigenvalue weighted by molar-refractivity contribution is 5.35. The van der Waals surface area contributed by atoms with E-state index in [-0.39, 0.29) is 0 Å². The third kappa shape index (κ3) is 4.60. The van der Waals surface area contributed by atoms with Gasteiger partial charge in [-0.1, -0.05) is 0 Å². The van der Waals surface area contributed by atoms with Crippen LogP contribution < -0.4 is 10.1 Å². The Morgan fingerprint density at radius 3 is 2.87 bits per heavy atom. The standard InChI is InChI=1S/C10H18N4O/c1-11-9-7-10(13-8-12-9)15-6-4-5-14(2)3/h7-8H,4-6H2,1-3H3,(H,11,12,13). The number of nitrogens with one attached hydrogen (secondary N) is 1. The Morgan fingerprint density at radius 1 is 1.40 bits per heavy atom. The molecule has 0 fully saturated rings. The minimum atomic E-state index is 0.619. The van der Waals surface area contributed by atoms with Crippen LogP contribution in [0.1, 0.15) is 6.42 Å². The first kappa shape index (κ1) is 11.7. The first-order valence-electron chi connectivity index (χ1n) is 4.99. The molecule has 0 radical (unpaired) electrons.